The van der Waals surface area contributed by atoms with Gasteiger partial charge in [-0.3, -0.25) is 4.79 Å². The normalized spacial score (nSPS) is 12.5. The molecule has 0 saturated heterocycles. The molecule has 4 heteroatoms. The fraction of sp³-hybridized carbons (Fsp3) is 0.300. The summed E-state index contributed by atoms with van der Waals surface area (Å²) in [6.45, 7) is 1.78. The van der Waals surface area contributed by atoms with E-state index in [1.165, 1.54) is 0 Å². The molecule has 0 saturated carbocycles. The van der Waals surface area contributed by atoms with Crippen molar-refractivity contribution in [3.63, 3.8) is 0 Å². The zero-order valence-electron chi connectivity index (χ0n) is 7.76. The van der Waals surface area contributed by atoms with Crippen LogP contribution in [0.15, 0.2) is 18.2 Å². The second-order valence-electron chi connectivity index (χ2n) is 3.03. The highest BCUT2D eigenvalue weighted by atomic mass is 79.9. The molecular formula is C10H11BrClNO. The number of anilines is 1. The number of rotatable bonds is 3. The van der Waals surface area contributed by atoms with E-state index in [9.17, 15) is 4.79 Å². The fourth-order valence-corrected chi connectivity index (χ4v) is 1.63. The van der Waals surface area contributed by atoms with Crippen LogP contribution in [0.2, 0.25) is 0 Å². The van der Waals surface area contributed by atoms with Gasteiger partial charge in [-0.25, -0.2) is 0 Å². The number of ketones is 1. The van der Waals surface area contributed by atoms with E-state index in [0.717, 1.165) is 5.56 Å². The first-order chi connectivity index (χ1) is 6.56. The summed E-state index contributed by atoms with van der Waals surface area (Å²) in [6, 6.07) is 5.19. The lowest BCUT2D eigenvalue weighted by Crippen LogP contribution is -2.12. The van der Waals surface area contributed by atoms with Crippen LogP contribution in [0.3, 0.4) is 0 Å². The van der Waals surface area contributed by atoms with E-state index < -0.39 is 0 Å². The molecule has 0 radical (unpaired) electrons. The Kier molecular flexibility index (Phi) is 3.96. The van der Waals surface area contributed by atoms with Gasteiger partial charge in [0.2, 0.25) is 0 Å². The molecule has 0 bridgehead atoms. The molecule has 0 amide bonds. The number of alkyl halides is 2. The Morgan fingerprint density at radius 3 is 2.79 bits per heavy atom. The largest absolute Gasteiger partial charge is 0.399 e. The Balaban J connectivity index is 3.17. The molecule has 0 fully saturated rings. The van der Waals surface area contributed by atoms with Crippen molar-refractivity contribution in [2.45, 2.75) is 17.6 Å². The zero-order chi connectivity index (χ0) is 10.7. The molecule has 0 spiro atoms. The van der Waals surface area contributed by atoms with E-state index in [0.29, 0.717) is 17.1 Å². The van der Waals surface area contributed by atoms with Gasteiger partial charge in [-0.05, 0) is 24.6 Å². The highest BCUT2D eigenvalue weighted by Gasteiger charge is 2.15. The fourth-order valence-electron chi connectivity index (χ4n) is 1.15. The van der Waals surface area contributed by atoms with Gasteiger partial charge in [0, 0.05) is 17.1 Å². The van der Waals surface area contributed by atoms with Gasteiger partial charge in [0.1, 0.15) is 0 Å². The van der Waals surface area contributed by atoms with Crippen LogP contribution in [0.5, 0.6) is 0 Å². The van der Waals surface area contributed by atoms with E-state index in [2.05, 4.69) is 15.9 Å². The topological polar surface area (TPSA) is 43.1 Å². The third kappa shape index (κ3) is 2.49. The van der Waals surface area contributed by atoms with E-state index in [1.807, 2.05) is 0 Å². The molecule has 1 aromatic rings. The van der Waals surface area contributed by atoms with Gasteiger partial charge in [-0.15, -0.1) is 11.6 Å². The van der Waals surface area contributed by atoms with Gasteiger partial charge >= 0.3 is 0 Å². The van der Waals surface area contributed by atoms with Crippen LogP contribution in [0.25, 0.3) is 0 Å². The Labute approximate surface area is 96.6 Å². The third-order valence-electron chi connectivity index (χ3n) is 1.90. The molecule has 0 heterocycles. The minimum atomic E-state index is -0.216. The van der Waals surface area contributed by atoms with E-state index in [1.54, 1.807) is 25.1 Å². The molecule has 0 aromatic heterocycles. The molecular weight excluding hydrogens is 265 g/mol. The Morgan fingerprint density at radius 2 is 2.29 bits per heavy atom. The van der Waals surface area contributed by atoms with Crippen molar-refractivity contribution in [3.05, 3.63) is 29.3 Å². The number of hydrogen-bond donors (Lipinski definition) is 1. The van der Waals surface area contributed by atoms with E-state index >= 15 is 0 Å². The lowest BCUT2D eigenvalue weighted by molar-refractivity contribution is 0.0995. The number of benzene rings is 1. The smallest absolute Gasteiger partial charge is 0.176 e. The Morgan fingerprint density at radius 1 is 1.64 bits per heavy atom. The van der Waals surface area contributed by atoms with E-state index in [-0.39, 0.29) is 10.6 Å². The first-order valence-corrected chi connectivity index (χ1v) is 5.64. The lowest BCUT2D eigenvalue weighted by Gasteiger charge is -2.08. The van der Waals surface area contributed by atoms with Crippen molar-refractivity contribution in [1.29, 1.82) is 0 Å². The van der Waals surface area contributed by atoms with Gasteiger partial charge in [0.15, 0.2) is 5.78 Å². The van der Waals surface area contributed by atoms with Gasteiger partial charge in [0.25, 0.3) is 0 Å². The summed E-state index contributed by atoms with van der Waals surface area (Å²) in [5.74, 6) is 0.328. The van der Waals surface area contributed by atoms with Crippen molar-refractivity contribution in [3.8, 4) is 0 Å². The van der Waals surface area contributed by atoms with Crippen molar-refractivity contribution >= 4 is 39.0 Å². The highest BCUT2D eigenvalue weighted by Crippen LogP contribution is 2.19. The van der Waals surface area contributed by atoms with Crippen molar-refractivity contribution < 1.29 is 4.79 Å². The summed E-state index contributed by atoms with van der Waals surface area (Å²) in [5, 5.41) is 0. The van der Waals surface area contributed by atoms with Gasteiger partial charge < -0.3 is 5.73 Å². The summed E-state index contributed by atoms with van der Waals surface area (Å²) in [7, 11) is 0. The Hall–Kier alpha value is -0.540. The summed E-state index contributed by atoms with van der Waals surface area (Å²) >= 11 is 8.96. The molecule has 0 aliphatic carbocycles. The van der Waals surface area contributed by atoms with Gasteiger partial charge in [-0.1, -0.05) is 22.0 Å². The van der Waals surface area contributed by atoms with Crippen LogP contribution in [0, 0.1) is 0 Å². The molecule has 1 aromatic carbocycles. The quantitative estimate of drug-likeness (QED) is 0.524. The van der Waals surface area contributed by atoms with Crippen molar-refractivity contribution in [2.24, 2.45) is 0 Å². The number of halogens is 2. The van der Waals surface area contributed by atoms with Crippen molar-refractivity contribution in [1.82, 2.24) is 0 Å². The SMILES string of the molecule is CC(Br)C(=O)c1cc(N)ccc1CCl. The molecule has 1 atom stereocenters. The summed E-state index contributed by atoms with van der Waals surface area (Å²) in [4.78, 5) is 11.5. The highest BCUT2D eigenvalue weighted by molar-refractivity contribution is 9.10. The predicted octanol–water partition coefficient (Wildman–Crippen LogP) is 2.97. The minimum Gasteiger partial charge on any atom is -0.399 e. The number of nitrogen functional groups attached to an aromatic ring is 1. The van der Waals surface area contributed by atoms with Crippen LogP contribution in [-0.4, -0.2) is 10.6 Å². The number of carbonyl (C=O) groups is 1. The summed E-state index contributed by atoms with van der Waals surface area (Å²) < 4.78 is 0. The average Bonchev–Trinajstić information content (AvgIpc) is 2.16. The molecule has 2 nitrogen and oxygen atoms in total. The second-order valence-corrected chi connectivity index (χ2v) is 4.67. The lowest BCUT2D eigenvalue weighted by atomic mass is 10.0. The molecule has 2 N–H and O–H groups in total. The third-order valence-corrected chi connectivity index (χ3v) is 2.61. The summed E-state index contributed by atoms with van der Waals surface area (Å²) in [5.41, 5.74) is 7.61. The maximum Gasteiger partial charge on any atom is 0.176 e. The molecule has 14 heavy (non-hydrogen) atoms. The maximum absolute atomic E-state index is 11.7. The van der Waals surface area contributed by atoms with E-state index in [4.69, 9.17) is 17.3 Å². The van der Waals surface area contributed by atoms with Crippen LogP contribution in [-0.2, 0) is 5.88 Å². The zero-order valence-corrected chi connectivity index (χ0v) is 10.1. The van der Waals surface area contributed by atoms with Gasteiger partial charge in [0.05, 0.1) is 4.83 Å². The van der Waals surface area contributed by atoms with Crippen LogP contribution >= 0.6 is 27.5 Å². The maximum atomic E-state index is 11.7. The second kappa shape index (κ2) is 4.80. The van der Waals surface area contributed by atoms with Crippen LogP contribution < -0.4 is 5.73 Å². The summed E-state index contributed by atoms with van der Waals surface area (Å²) in [6.07, 6.45) is 0. The predicted molar refractivity (Wildman–Crippen MR) is 63.1 cm³/mol. The van der Waals surface area contributed by atoms with Crippen LogP contribution in [0.4, 0.5) is 5.69 Å². The van der Waals surface area contributed by atoms with Crippen molar-refractivity contribution in [2.75, 3.05) is 5.73 Å². The van der Waals surface area contributed by atoms with Crippen LogP contribution in [0.1, 0.15) is 22.8 Å². The number of Topliss-reactive ketones (excluding diaryl/α,β-unsaturated/α-hetero) is 1. The molecule has 1 rings (SSSR count). The number of carbonyl (C=O) groups excluding carboxylic acids is 1. The Bertz CT molecular complexity index is 352. The minimum absolute atomic E-state index is 0.00736. The number of hydrogen-bond acceptors (Lipinski definition) is 2. The average molecular weight is 277 g/mol. The first-order valence-electron chi connectivity index (χ1n) is 4.19. The molecule has 76 valence electrons. The first kappa shape index (κ1) is 11.5. The number of nitrogens with two attached hydrogens (primary N) is 1. The molecule has 0 aliphatic heterocycles. The standard InChI is InChI=1S/C10H11BrClNO/c1-6(11)10(14)9-4-8(13)3-2-7(9)5-12/h2-4,6H,5,13H2,1H3. The molecule has 1 unspecified atom stereocenters. The monoisotopic (exact) mass is 275 g/mol. The molecule has 0 aliphatic rings. The van der Waals surface area contributed by atoms with Gasteiger partial charge in [-0.2, -0.15) is 0 Å².